The monoisotopic (exact) mass is 291 g/mol. The number of aromatic nitrogens is 1. The largest absolute Gasteiger partial charge is 0.462 e. The zero-order valence-electron chi connectivity index (χ0n) is 12.4. The molecule has 0 saturated carbocycles. The number of hydrogen-bond acceptors (Lipinski definition) is 3. The van der Waals surface area contributed by atoms with Crippen LogP contribution in [0, 0.1) is 0 Å². The van der Waals surface area contributed by atoms with Crippen LogP contribution in [0.2, 0.25) is 0 Å². The molecule has 1 aromatic heterocycles. The summed E-state index contributed by atoms with van der Waals surface area (Å²) in [5, 5.41) is 0.379. The van der Waals surface area contributed by atoms with E-state index < -0.39 is 23.6 Å². The fraction of sp³-hybridized carbons (Fsp3) is 0.375. The smallest absolute Gasteiger partial charge is 0.343 e. The first-order valence-electron chi connectivity index (χ1n) is 6.80. The Bertz CT molecular complexity index is 734. The maximum absolute atomic E-state index is 13.4. The van der Waals surface area contributed by atoms with Gasteiger partial charge < -0.3 is 9.30 Å². The number of alkyl halides is 1. The zero-order valence-corrected chi connectivity index (χ0v) is 12.4. The summed E-state index contributed by atoms with van der Waals surface area (Å²) in [5.41, 5.74) is -0.737. The van der Waals surface area contributed by atoms with Crippen LogP contribution in [0.5, 0.6) is 0 Å². The van der Waals surface area contributed by atoms with Gasteiger partial charge in [0.2, 0.25) is 5.43 Å². The molecule has 1 aromatic carbocycles. The minimum atomic E-state index is -0.867. The Morgan fingerprint density at radius 3 is 2.62 bits per heavy atom. The minimum Gasteiger partial charge on any atom is -0.462 e. The molecule has 4 nitrogen and oxygen atoms in total. The average molecular weight is 291 g/mol. The molecule has 0 aliphatic heterocycles. The van der Waals surface area contributed by atoms with Crippen LogP contribution in [-0.4, -0.2) is 23.8 Å². The van der Waals surface area contributed by atoms with Crippen LogP contribution in [0.25, 0.3) is 10.9 Å². The van der Waals surface area contributed by atoms with E-state index in [1.54, 1.807) is 49.6 Å². The molecule has 0 saturated heterocycles. The van der Waals surface area contributed by atoms with Gasteiger partial charge in [0.05, 0.1) is 17.7 Å². The highest BCUT2D eigenvalue weighted by atomic mass is 19.1. The van der Waals surface area contributed by atoms with Gasteiger partial charge >= 0.3 is 5.97 Å². The second kappa shape index (κ2) is 5.68. The molecule has 0 aliphatic rings. The van der Waals surface area contributed by atoms with Crippen LogP contribution in [0.4, 0.5) is 4.39 Å². The van der Waals surface area contributed by atoms with E-state index in [0.717, 1.165) is 0 Å². The fourth-order valence-electron chi connectivity index (χ4n) is 2.20. The first-order valence-corrected chi connectivity index (χ1v) is 6.80. The quantitative estimate of drug-likeness (QED) is 0.814. The lowest BCUT2D eigenvalue weighted by Gasteiger charge is -2.27. The second-order valence-electron chi connectivity index (χ2n) is 5.43. The van der Waals surface area contributed by atoms with E-state index in [2.05, 4.69) is 0 Å². The van der Waals surface area contributed by atoms with Gasteiger partial charge in [0.15, 0.2) is 0 Å². The van der Waals surface area contributed by atoms with Gasteiger partial charge in [-0.15, -0.1) is 0 Å². The minimum absolute atomic E-state index is 0.0722. The first kappa shape index (κ1) is 15.2. The summed E-state index contributed by atoms with van der Waals surface area (Å²) in [7, 11) is 0. The molecule has 0 amide bonds. The van der Waals surface area contributed by atoms with E-state index in [9.17, 15) is 14.0 Å². The van der Waals surface area contributed by atoms with Crippen molar-refractivity contribution < 1.29 is 13.9 Å². The Hall–Kier alpha value is -2.17. The molecule has 0 aliphatic carbocycles. The van der Waals surface area contributed by atoms with E-state index in [4.69, 9.17) is 4.74 Å². The molecule has 0 atom stereocenters. The molecule has 0 unspecified atom stereocenters. The van der Waals surface area contributed by atoms with E-state index in [1.807, 2.05) is 0 Å². The van der Waals surface area contributed by atoms with Crippen molar-refractivity contribution in [3.8, 4) is 0 Å². The van der Waals surface area contributed by atoms with Gasteiger partial charge in [-0.1, -0.05) is 12.1 Å². The Morgan fingerprint density at radius 1 is 1.33 bits per heavy atom. The first-order chi connectivity index (χ1) is 9.92. The third kappa shape index (κ3) is 2.68. The van der Waals surface area contributed by atoms with Gasteiger partial charge in [-0.3, -0.25) is 4.79 Å². The molecule has 1 heterocycles. The van der Waals surface area contributed by atoms with Crippen LogP contribution in [-0.2, 0) is 10.3 Å². The maximum atomic E-state index is 13.4. The third-order valence-corrected chi connectivity index (χ3v) is 3.39. The molecule has 2 rings (SSSR count). The van der Waals surface area contributed by atoms with Crippen LogP contribution in [0.15, 0.2) is 35.3 Å². The van der Waals surface area contributed by atoms with Crippen molar-refractivity contribution >= 4 is 16.9 Å². The van der Waals surface area contributed by atoms with Crippen molar-refractivity contribution in [3.63, 3.8) is 0 Å². The van der Waals surface area contributed by atoms with Gasteiger partial charge in [-0.25, -0.2) is 9.18 Å². The van der Waals surface area contributed by atoms with Crippen LogP contribution in [0.1, 0.15) is 31.1 Å². The van der Waals surface area contributed by atoms with Gasteiger partial charge in [0.25, 0.3) is 0 Å². The highest BCUT2D eigenvalue weighted by molar-refractivity contribution is 5.93. The van der Waals surface area contributed by atoms with Crippen molar-refractivity contribution in [3.05, 3.63) is 46.2 Å². The number of esters is 1. The van der Waals surface area contributed by atoms with E-state index in [0.29, 0.717) is 10.9 Å². The Balaban J connectivity index is 2.82. The topological polar surface area (TPSA) is 48.3 Å². The van der Waals surface area contributed by atoms with Crippen molar-refractivity contribution in [1.82, 2.24) is 4.57 Å². The summed E-state index contributed by atoms with van der Waals surface area (Å²) in [6, 6.07) is 6.86. The molecular weight excluding hydrogens is 273 g/mol. The Morgan fingerprint density at radius 2 is 2.00 bits per heavy atom. The van der Waals surface area contributed by atoms with Crippen molar-refractivity contribution in [1.29, 1.82) is 0 Å². The summed E-state index contributed by atoms with van der Waals surface area (Å²) >= 11 is 0. The van der Waals surface area contributed by atoms with Crippen LogP contribution >= 0.6 is 0 Å². The van der Waals surface area contributed by atoms with E-state index in [1.165, 1.54) is 6.20 Å². The number of fused-ring (bicyclic) bond motifs is 1. The molecule has 0 bridgehead atoms. The standard InChI is InChI=1S/C16H18FNO3/c1-4-21-15(20)12-9-18(16(2,3)10-17)13-8-6-5-7-11(13)14(12)19/h5-9H,4,10H2,1-3H3. The SMILES string of the molecule is CCOC(=O)c1cn(C(C)(C)CF)c2ccccc2c1=O. The number of hydrogen-bond donors (Lipinski definition) is 0. The number of benzene rings is 1. The number of nitrogens with zero attached hydrogens (tertiary/aromatic N) is 1. The molecule has 21 heavy (non-hydrogen) atoms. The highest BCUT2D eigenvalue weighted by Gasteiger charge is 2.25. The summed E-state index contributed by atoms with van der Waals surface area (Å²) < 4.78 is 19.9. The maximum Gasteiger partial charge on any atom is 0.343 e. The lowest BCUT2D eigenvalue weighted by molar-refractivity contribution is 0.0523. The number of halogens is 1. The van der Waals surface area contributed by atoms with Crippen molar-refractivity contribution in [2.24, 2.45) is 0 Å². The number of carbonyl (C=O) groups is 1. The lowest BCUT2D eigenvalue weighted by Crippen LogP contribution is -2.32. The molecule has 0 N–H and O–H groups in total. The molecule has 0 fully saturated rings. The van der Waals surface area contributed by atoms with Crippen molar-refractivity contribution in [2.75, 3.05) is 13.3 Å². The summed E-state index contributed by atoms with van der Waals surface area (Å²) in [6.45, 7) is 4.64. The second-order valence-corrected chi connectivity index (χ2v) is 5.43. The van der Waals surface area contributed by atoms with Gasteiger partial charge in [-0.05, 0) is 32.9 Å². The molecule has 5 heteroatoms. The highest BCUT2D eigenvalue weighted by Crippen LogP contribution is 2.22. The summed E-state index contributed by atoms with van der Waals surface area (Å²) in [5.74, 6) is -0.684. The molecule has 0 spiro atoms. The third-order valence-electron chi connectivity index (χ3n) is 3.39. The molecule has 112 valence electrons. The number of para-hydroxylation sites is 1. The predicted molar refractivity (Wildman–Crippen MR) is 79.5 cm³/mol. The zero-order chi connectivity index (χ0) is 15.6. The van der Waals surface area contributed by atoms with Crippen LogP contribution < -0.4 is 5.43 Å². The number of ether oxygens (including phenoxy) is 1. The van der Waals surface area contributed by atoms with Gasteiger partial charge in [0.1, 0.15) is 12.2 Å². The Kier molecular flexibility index (Phi) is 4.11. The van der Waals surface area contributed by atoms with E-state index >= 15 is 0 Å². The van der Waals surface area contributed by atoms with Gasteiger partial charge in [-0.2, -0.15) is 0 Å². The van der Waals surface area contributed by atoms with Gasteiger partial charge in [0, 0.05) is 11.6 Å². The molecular formula is C16H18FNO3. The molecule has 2 aromatic rings. The van der Waals surface area contributed by atoms with Crippen molar-refractivity contribution in [2.45, 2.75) is 26.3 Å². The number of carbonyl (C=O) groups excluding carboxylic acids is 1. The number of pyridine rings is 1. The summed E-state index contributed by atoms with van der Waals surface area (Å²) in [4.78, 5) is 24.4. The fourth-order valence-corrected chi connectivity index (χ4v) is 2.20. The number of rotatable bonds is 4. The predicted octanol–water partition coefficient (Wildman–Crippen LogP) is 2.88. The Labute approximate surface area is 122 Å². The average Bonchev–Trinajstić information content (AvgIpc) is 2.47. The molecule has 0 radical (unpaired) electrons. The van der Waals surface area contributed by atoms with E-state index in [-0.39, 0.29) is 12.2 Å². The lowest BCUT2D eigenvalue weighted by atomic mass is 10.0. The van der Waals surface area contributed by atoms with Crippen LogP contribution in [0.3, 0.4) is 0 Å². The summed E-state index contributed by atoms with van der Waals surface area (Å²) in [6.07, 6.45) is 1.39. The normalized spacial score (nSPS) is 11.6.